The largest absolute Gasteiger partial charge is 0.489 e. The highest BCUT2D eigenvalue weighted by Gasteiger charge is 2.62. The molecule has 20 heavy (non-hydrogen) atoms. The standard InChI is InChI=1S/C17H25NO2/c1-11-7-14(12(10-19)9-18-11)20-15-8-13-5-6-17(15,4)16(13,2)3/h7,9,13,15,19H,5-6,8,10H2,1-4H3. The number of rotatable bonds is 3. The van der Waals surface area contributed by atoms with Gasteiger partial charge < -0.3 is 9.84 Å². The van der Waals surface area contributed by atoms with E-state index in [4.69, 9.17) is 4.74 Å². The number of hydrogen-bond donors (Lipinski definition) is 1. The van der Waals surface area contributed by atoms with Crippen LogP contribution in [0.1, 0.15) is 51.3 Å². The van der Waals surface area contributed by atoms with Crippen LogP contribution in [-0.2, 0) is 6.61 Å². The topological polar surface area (TPSA) is 42.4 Å². The summed E-state index contributed by atoms with van der Waals surface area (Å²) >= 11 is 0. The number of aliphatic hydroxyl groups excluding tert-OH is 1. The molecule has 0 spiro atoms. The third-order valence-corrected chi connectivity index (χ3v) is 6.23. The lowest BCUT2D eigenvalue weighted by atomic mass is 9.70. The predicted molar refractivity (Wildman–Crippen MR) is 78.5 cm³/mol. The van der Waals surface area contributed by atoms with Crippen molar-refractivity contribution in [2.45, 2.75) is 59.7 Å². The summed E-state index contributed by atoms with van der Waals surface area (Å²) in [5.41, 5.74) is 2.31. The first-order valence-electron chi connectivity index (χ1n) is 7.61. The molecule has 3 heteroatoms. The quantitative estimate of drug-likeness (QED) is 0.918. The first-order valence-corrected chi connectivity index (χ1v) is 7.61. The summed E-state index contributed by atoms with van der Waals surface area (Å²) in [5, 5.41) is 9.46. The van der Waals surface area contributed by atoms with Gasteiger partial charge in [-0.25, -0.2) is 0 Å². The van der Waals surface area contributed by atoms with Gasteiger partial charge in [0.2, 0.25) is 0 Å². The molecule has 1 heterocycles. The number of aryl methyl sites for hydroxylation is 1. The van der Waals surface area contributed by atoms with Crippen molar-refractivity contribution in [1.82, 2.24) is 4.98 Å². The number of hydrogen-bond acceptors (Lipinski definition) is 3. The van der Waals surface area contributed by atoms with E-state index < -0.39 is 0 Å². The second-order valence-corrected chi connectivity index (χ2v) is 7.31. The minimum atomic E-state index is -0.0150. The fourth-order valence-corrected chi connectivity index (χ4v) is 4.25. The van der Waals surface area contributed by atoms with Crippen molar-refractivity contribution in [2.24, 2.45) is 16.7 Å². The Morgan fingerprint density at radius 3 is 2.70 bits per heavy atom. The van der Waals surface area contributed by atoms with Crippen molar-refractivity contribution in [2.75, 3.05) is 0 Å². The molecule has 2 aliphatic carbocycles. The summed E-state index contributed by atoms with van der Waals surface area (Å²) in [4.78, 5) is 4.24. The molecule has 0 radical (unpaired) electrons. The maximum Gasteiger partial charge on any atom is 0.128 e. The van der Waals surface area contributed by atoms with Crippen LogP contribution < -0.4 is 4.74 Å². The molecule has 3 nitrogen and oxygen atoms in total. The van der Waals surface area contributed by atoms with Crippen molar-refractivity contribution in [3.05, 3.63) is 23.5 Å². The first-order chi connectivity index (χ1) is 9.38. The third-order valence-electron chi connectivity index (χ3n) is 6.23. The van der Waals surface area contributed by atoms with Crippen LogP contribution in [0.4, 0.5) is 0 Å². The summed E-state index contributed by atoms with van der Waals surface area (Å²) in [5.74, 6) is 1.58. The van der Waals surface area contributed by atoms with Crippen molar-refractivity contribution >= 4 is 0 Å². The SMILES string of the molecule is Cc1cc(OC2CC3CCC2(C)C3(C)C)c(CO)cn1. The van der Waals surface area contributed by atoms with Crippen LogP contribution in [-0.4, -0.2) is 16.2 Å². The molecule has 3 rings (SSSR count). The number of aromatic nitrogens is 1. The van der Waals surface area contributed by atoms with Crippen LogP contribution in [0.5, 0.6) is 5.75 Å². The van der Waals surface area contributed by atoms with Crippen molar-refractivity contribution in [3.8, 4) is 5.75 Å². The van der Waals surface area contributed by atoms with Gasteiger partial charge in [-0.1, -0.05) is 20.8 Å². The van der Waals surface area contributed by atoms with E-state index >= 15 is 0 Å². The highest BCUT2D eigenvalue weighted by Crippen LogP contribution is 2.66. The van der Waals surface area contributed by atoms with E-state index in [0.717, 1.165) is 29.3 Å². The second-order valence-electron chi connectivity index (χ2n) is 7.31. The second kappa shape index (κ2) is 4.45. The summed E-state index contributed by atoms with van der Waals surface area (Å²) in [6.07, 6.45) is 5.68. The maximum absolute atomic E-state index is 9.46. The molecule has 0 aromatic carbocycles. The first kappa shape index (κ1) is 13.9. The molecule has 110 valence electrons. The number of pyridine rings is 1. The van der Waals surface area contributed by atoms with E-state index in [1.54, 1.807) is 6.20 Å². The van der Waals surface area contributed by atoms with Gasteiger partial charge in [0.05, 0.1) is 6.61 Å². The van der Waals surface area contributed by atoms with Gasteiger partial charge in [0.1, 0.15) is 11.9 Å². The number of nitrogens with zero attached hydrogens (tertiary/aromatic N) is 1. The lowest BCUT2D eigenvalue weighted by Crippen LogP contribution is -2.39. The van der Waals surface area contributed by atoms with Gasteiger partial charge in [-0.3, -0.25) is 4.98 Å². The van der Waals surface area contributed by atoms with Crippen LogP contribution >= 0.6 is 0 Å². The van der Waals surface area contributed by atoms with Crippen LogP contribution in [0.3, 0.4) is 0 Å². The average Bonchev–Trinajstić information content (AvgIpc) is 2.72. The average molecular weight is 275 g/mol. The smallest absolute Gasteiger partial charge is 0.128 e. The zero-order valence-electron chi connectivity index (χ0n) is 12.9. The Hall–Kier alpha value is -1.09. The summed E-state index contributed by atoms with van der Waals surface area (Å²) in [7, 11) is 0. The number of aliphatic hydroxyl groups is 1. The minimum Gasteiger partial charge on any atom is -0.489 e. The minimum absolute atomic E-state index is 0.0150. The third kappa shape index (κ3) is 1.79. The molecule has 1 aromatic rings. The monoisotopic (exact) mass is 275 g/mol. The van der Waals surface area contributed by atoms with E-state index in [1.807, 2.05) is 13.0 Å². The van der Waals surface area contributed by atoms with E-state index in [9.17, 15) is 5.11 Å². The van der Waals surface area contributed by atoms with Crippen LogP contribution in [0.25, 0.3) is 0 Å². The van der Waals surface area contributed by atoms with Crippen LogP contribution in [0, 0.1) is 23.7 Å². The zero-order chi connectivity index (χ0) is 14.5. The molecule has 0 amide bonds. The van der Waals surface area contributed by atoms with Crippen LogP contribution in [0.15, 0.2) is 12.3 Å². The van der Waals surface area contributed by atoms with Gasteiger partial charge in [-0.05, 0) is 37.5 Å². The Morgan fingerprint density at radius 2 is 2.15 bits per heavy atom. The molecular formula is C17H25NO2. The van der Waals surface area contributed by atoms with Gasteiger partial charge in [0, 0.05) is 28.9 Å². The van der Waals surface area contributed by atoms with Gasteiger partial charge >= 0.3 is 0 Å². The Balaban J connectivity index is 1.88. The number of ether oxygens (including phenoxy) is 1. The highest BCUT2D eigenvalue weighted by molar-refractivity contribution is 5.33. The van der Waals surface area contributed by atoms with E-state index in [1.165, 1.54) is 12.8 Å². The Morgan fingerprint density at radius 1 is 1.40 bits per heavy atom. The fraction of sp³-hybridized carbons (Fsp3) is 0.706. The van der Waals surface area contributed by atoms with Crippen LogP contribution in [0.2, 0.25) is 0 Å². The van der Waals surface area contributed by atoms with E-state index in [-0.39, 0.29) is 18.1 Å². The van der Waals surface area contributed by atoms with Gasteiger partial charge in [-0.15, -0.1) is 0 Å². The fourth-order valence-electron chi connectivity index (χ4n) is 4.25. The molecule has 0 aliphatic heterocycles. The summed E-state index contributed by atoms with van der Waals surface area (Å²) in [6, 6.07) is 1.95. The molecule has 3 unspecified atom stereocenters. The molecule has 3 atom stereocenters. The molecule has 2 saturated carbocycles. The molecule has 2 bridgehead atoms. The Bertz CT molecular complexity index is 526. The van der Waals surface area contributed by atoms with Crippen molar-refractivity contribution < 1.29 is 9.84 Å². The molecule has 1 N–H and O–H groups in total. The normalized spacial score (nSPS) is 34.5. The van der Waals surface area contributed by atoms with Gasteiger partial charge in [-0.2, -0.15) is 0 Å². The highest BCUT2D eigenvalue weighted by atomic mass is 16.5. The summed E-state index contributed by atoms with van der Waals surface area (Å²) in [6.45, 7) is 9.09. The lowest BCUT2D eigenvalue weighted by molar-refractivity contribution is 0.0287. The van der Waals surface area contributed by atoms with E-state index in [0.29, 0.717) is 5.41 Å². The Labute approximate surface area is 121 Å². The zero-order valence-corrected chi connectivity index (χ0v) is 12.9. The Kier molecular flexibility index (Phi) is 3.09. The molecule has 1 aromatic heterocycles. The molecular weight excluding hydrogens is 250 g/mol. The van der Waals surface area contributed by atoms with E-state index in [2.05, 4.69) is 25.8 Å². The van der Waals surface area contributed by atoms with Gasteiger partial charge in [0.15, 0.2) is 0 Å². The summed E-state index contributed by atoms with van der Waals surface area (Å²) < 4.78 is 6.35. The van der Waals surface area contributed by atoms with Crippen molar-refractivity contribution in [1.29, 1.82) is 0 Å². The van der Waals surface area contributed by atoms with Crippen molar-refractivity contribution in [3.63, 3.8) is 0 Å². The maximum atomic E-state index is 9.46. The number of fused-ring (bicyclic) bond motifs is 2. The molecule has 0 saturated heterocycles. The molecule has 2 aliphatic rings. The molecule has 2 fully saturated rings. The predicted octanol–water partition coefficient (Wildman–Crippen LogP) is 3.48. The lowest BCUT2D eigenvalue weighted by Gasteiger charge is -2.39. The van der Waals surface area contributed by atoms with Gasteiger partial charge in [0.25, 0.3) is 0 Å².